The lowest BCUT2D eigenvalue weighted by molar-refractivity contribution is 0.175. The molecule has 0 aromatic rings. The molecule has 1 saturated heterocycles. The van der Waals surface area contributed by atoms with Crippen LogP contribution in [0.25, 0.3) is 0 Å². The molecule has 1 heterocycles. The maximum absolute atomic E-state index is 6.18. The van der Waals surface area contributed by atoms with E-state index in [0.717, 1.165) is 31.5 Å². The molecule has 2 aliphatic rings. The van der Waals surface area contributed by atoms with Crippen molar-refractivity contribution >= 4 is 5.96 Å². The molecule has 0 radical (unpaired) electrons. The molecule has 1 saturated carbocycles. The molecule has 4 heteroatoms. The fraction of sp³-hybridized carbons (Fsp3) is 0.938. The van der Waals surface area contributed by atoms with Crippen LogP contribution in [0.2, 0.25) is 0 Å². The number of guanidine groups is 1. The number of piperidine rings is 1. The van der Waals surface area contributed by atoms with Gasteiger partial charge in [-0.05, 0) is 52.1 Å². The summed E-state index contributed by atoms with van der Waals surface area (Å²) in [6.45, 7) is 3.04. The molecule has 2 rings (SSSR count). The molecule has 4 nitrogen and oxygen atoms in total. The Morgan fingerprint density at radius 1 is 1.10 bits per heavy atom. The zero-order chi connectivity index (χ0) is 14.4. The molecule has 0 amide bonds. The normalized spacial score (nSPS) is 24.1. The van der Waals surface area contributed by atoms with E-state index in [1.807, 2.05) is 0 Å². The monoisotopic (exact) mass is 280 g/mol. The summed E-state index contributed by atoms with van der Waals surface area (Å²) in [4.78, 5) is 9.33. The van der Waals surface area contributed by atoms with Gasteiger partial charge in [-0.3, -0.25) is 4.99 Å². The van der Waals surface area contributed by atoms with E-state index in [1.54, 1.807) is 0 Å². The molecule has 0 bridgehead atoms. The molecule has 2 N–H and O–H groups in total. The van der Waals surface area contributed by atoms with E-state index in [0.29, 0.717) is 6.04 Å². The van der Waals surface area contributed by atoms with E-state index in [9.17, 15) is 0 Å². The number of nitrogens with zero attached hydrogens (tertiary/aromatic N) is 3. The predicted molar refractivity (Wildman–Crippen MR) is 86.0 cm³/mol. The summed E-state index contributed by atoms with van der Waals surface area (Å²) < 4.78 is 0. The van der Waals surface area contributed by atoms with Gasteiger partial charge in [-0.25, -0.2) is 0 Å². The Morgan fingerprint density at radius 2 is 1.70 bits per heavy atom. The Bertz CT molecular complexity index is 302. The Hall–Kier alpha value is -0.770. The van der Waals surface area contributed by atoms with Crippen LogP contribution in [0.1, 0.15) is 51.4 Å². The maximum atomic E-state index is 6.18. The van der Waals surface area contributed by atoms with Gasteiger partial charge in [0.25, 0.3) is 0 Å². The van der Waals surface area contributed by atoms with Gasteiger partial charge in [0, 0.05) is 19.1 Å². The molecule has 1 aliphatic heterocycles. The number of likely N-dealkylation sites (tertiary alicyclic amines) is 1. The van der Waals surface area contributed by atoms with Crippen molar-refractivity contribution in [3.8, 4) is 0 Å². The van der Waals surface area contributed by atoms with Gasteiger partial charge in [0.1, 0.15) is 0 Å². The van der Waals surface area contributed by atoms with Gasteiger partial charge in [-0.1, -0.05) is 19.3 Å². The second-order valence-corrected chi connectivity index (χ2v) is 6.68. The standard InChI is InChI=1S/C16H32N4/c1-19(2)15(14-9-5-3-6-10-14)13-18-16(17)20-11-7-4-8-12-20/h14-15H,3-13H2,1-2H3,(H2,17,18). The lowest BCUT2D eigenvalue weighted by Crippen LogP contribution is -2.43. The minimum absolute atomic E-state index is 0.554. The van der Waals surface area contributed by atoms with Crippen LogP contribution < -0.4 is 5.73 Å². The smallest absolute Gasteiger partial charge is 0.191 e. The predicted octanol–water partition coefficient (Wildman–Crippen LogP) is 2.30. The van der Waals surface area contributed by atoms with Crippen LogP contribution in [0.15, 0.2) is 4.99 Å². The summed E-state index contributed by atoms with van der Waals surface area (Å²) in [6.07, 6.45) is 10.8. The van der Waals surface area contributed by atoms with Crippen molar-refractivity contribution in [3.05, 3.63) is 0 Å². The summed E-state index contributed by atoms with van der Waals surface area (Å²) in [5.41, 5.74) is 6.18. The third-order valence-corrected chi connectivity index (χ3v) is 4.98. The molecule has 2 fully saturated rings. The van der Waals surface area contributed by atoms with Crippen molar-refractivity contribution in [2.75, 3.05) is 33.7 Å². The van der Waals surface area contributed by atoms with E-state index in [2.05, 4.69) is 23.9 Å². The van der Waals surface area contributed by atoms with Crippen molar-refractivity contribution in [3.63, 3.8) is 0 Å². The van der Waals surface area contributed by atoms with Gasteiger partial charge in [0.15, 0.2) is 5.96 Å². The first-order valence-corrected chi connectivity index (χ1v) is 8.40. The molecular weight excluding hydrogens is 248 g/mol. The van der Waals surface area contributed by atoms with E-state index < -0.39 is 0 Å². The average Bonchev–Trinajstić information content (AvgIpc) is 2.49. The highest BCUT2D eigenvalue weighted by atomic mass is 15.3. The summed E-state index contributed by atoms with van der Waals surface area (Å²) in [5, 5.41) is 0. The lowest BCUT2D eigenvalue weighted by Gasteiger charge is -2.34. The number of aliphatic imine (C=N–C) groups is 1. The van der Waals surface area contributed by atoms with Crippen molar-refractivity contribution in [2.24, 2.45) is 16.6 Å². The molecule has 0 aromatic carbocycles. The van der Waals surface area contributed by atoms with Gasteiger partial charge in [0.2, 0.25) is 0 Å². The first-order valence-electron chi connectivity index (χ1n) is 8.40. The van der Waals surface area contributed by atoms with Crippen LogP contribution in [0.3, 0.4) is 0 Å². The molecular formula is C16H32N4. The van der Waals surface area contributed by atoms with Crippen LogP contribution in [0, 0.1) is 5.92 Å². The molecule has 0 spiro atoms. The van der Waals surface area contributed by atoms with Gasteiger partial charge in [0.05, 0.1) is 6.54 Å². The number of hydrogen-bond acceptors (Lipinski definition) is 2. The van der Waals surface area contributed by atoms with Crippen molar-refractivity contribution < 1.29 is 0 Å². The zero-order valence-electron chi connectivity index (χ0n) is 13.4. The summed E-state index contributed by atoms with van der Waals surface area (Å²) >= 11 is 0. The first-order chi connectivity index (χ1) is 9.68. The molecule has 1 aliphatic carbocycles. The number of hydrogen-bond donors (Lipinski definition) is 1. The molecule has 1 unspecified atom stereocenters. The van der Waals surface area contributed by atoms with Crippen LogP contribution in [0.5, 0.6) is 0 Å². The zero-order valence-corrected chi connectivity index (χ0v) is 13.4. The third kappa shape index (κ3) is 4.37. The summed E-state index contributed by atoms with van der Waals surface area (Å²) in [7, 11) is 4.37. The maximum Gasteiger partial charge on any atom is 0.191 e. The van der Waals surface area contributed by atoms with Crippen molar-refractivity contribution in [1.82, 2.24) is 9.80 Å². The fourth-order valence-corrected chi connectivity index (χ4v) is 3.66. The van der Waals surface area contributed by atoms with Gasteiger partial charge >= 0.3 is 0 Å². The lowest BCUT2D eigenvalue weighted by atomic mass is 9.83. The average molecular weight is 280 g/mol. The Morgan fingerprint density at radius 3 is 2.30 bits per heavy atom. The van der Waals surface area contributed by atoms with E-state index >= 15 is 0 Å². The third-order valence-electron chi connectivity index (χ3n) is 4.98. The summed E-state index contributed by atoms with van der Waals surface area (Å²) in [6, 6.07) is 0.554. The van der Waals surface area contributed by atoms with Gasteiger partial charge in [-0.2, -0.15) is 0 Å². The number of likely N-dealkylation sites (N-methyl/N-ethyl adjacent to an activating group) is 1. The SMILES string of the molecule is CN(C)C(CN=C(N)N1CCCCC1)C1CCCCC1. The van der Waals surface area contributed by atoms with Crippen molar-refractivity contribution in [2.45, 2.75) is 57.4 Å². The van der Waals surface area contributed by atoms with E-state index in [4.69, 9.17) is 10.7 Å². The minimum Gasteiger partial charge on any atom is -0.370 e. The Labute approximate surface area is 124 Å². The topological polar surface area (TPSA) is 44.9 Å². The highest BCUT2D eigenvalue weighted by Gasteiger charge is 2.25. The van der Waals surface area contributed by atoms with Crippen LogP contribution in [-0.2, 0) is 0 Å². The van der Waals surface area contributed by atoms with Crippen LogP contribution >= 0.6 is 0 Å². The molecule has 20 heavy (non-hydrogen) atoms. The van der Waals surface area contributed by atoms with E-state index in [-0.39, 0.29) is 0 Å². The quantitative estimate of drug-likeness (QED) is 0.635. The Kier molecular flexibility index (Phi) is 6.14. The second kappa shape index (κ2) is 7.87. The van der Waals surface area contributed by atoms with Crippen molar-refractivity contribution in [1.29, 1.82) is 0 Å². The highest BCUT2D eigenvalue weighted by Crippen LogP contribution is 2.28. The molecule has 0 aromatic heterocycles. The number of rotatable bonds is 4. The largest absolute Gasteiger partial charge is 0.370 e. The van der Waals surface area contributed by atoms with Gasteiger partial charge < -0.3 is 15.5 Å². The van der Waals surface area contributed by atoms with E-state index in [1.165, 1.54) is 51.4 Å². The second-order valence-electron chi connectivity index (χ2n) is 6.68. The molecule has 116 valence electrons. The minimum atomic E-state index is 0.554. The molecule has 1 atom stereocenters. The summed E-state index contributed by atoms with van der Waals surface area (Å²) in [5.74, 6) is 1.57. The van der Waals surface area contributed by atoms with Gasteiger partial charge in [-0.15, -0.1) is 0 Å². The Balaban J connectivity index is 1.89. The van der Waals surface area contributed by atoms with Crippen LogP contribution in [-0.4, -0.2) is 55.5 Å². The highest BCUT2D eigenvalue weighted by molar-refractivity contribution is 5.78. The first kappa shape index (κ1) is 15.6. The van der Waals surface area contributed by atoms with Crippen LogP contribution in [0.4, 0.5) is 0 Å². The number of nitrogens with two attached hydrogens (primary N) is 1. The fourth-order valence-electron chi connectivity index (χ4n) is 3.66.